The van der Waals surface area contributed by atoms with Gasteiger partial charge in [0.05, 0.1) is 40.6 Å². The van der Waals surface area contributed by atoms with Crippen LogP contribution in [0.3, 0.4) is 0 Å². The molecule has 5 aliphatic rings. The molecule has 4 amide bonds. The summed E-state index contributed by atoms with van der Waals surface area (Å²) in [5.74, 6) is -1.20. The molecule has 1 atom stereocenters. The fourth-order valence-corrected chi connectivity index (χ4v) is 9.87. The van der Waals surface area contributed by atoms with E-state index < -0.39 is 35.3 Å². The highest BCUT2D eigenvalue weighted by Gasteiger charge is 2.46. The van der Waals surface area contributed by atoms with Crippen molar-refractivity contribution in [2.75, 3.05) is 43.0 Å². The highest BCUT2D eigenvalue weighted by atomic mass is 35.5. The Labute approximate surface area is 380 Å². The van der Waals surface area contributed by atoms with E-state index in [0.29, 0.717) is 66.4 Å². The number of Topliss-reactive ketones (excluding diaryl/α,β-unsaturated/α-hetero) is 1. The lowest BCUT2D eigenvalue weighted by Crippen LogP contribution is -2.54. The molecule has 0 spiro atoms. The van der Waals surface area contributed by atoms with Gasteiger partial charge in [0.15, 0.2) is 17.4 Å². The molecule has 65 heavy (non-hydrogen) atoms. The van der Waals surface area contributed by atoms with Crippen molar-refractivity contribution in [3.8, 4) is 5.75 Å². The first-order valence-corrected chi connectivity index (χ1v) is 22.9. The smallest absolute Gasteiger partial charge is 0.293 e. The van der Waals surface area contributed by atoms with Gasteiger partial charge in [0.1, 0.15) is 17.7 Å². The molecule has 17 nitrogen and oxygen atoms in total. The number of aromatic nitrogens is 3. The Hall–Kier alpha value is -5.75. The molecule has 3 N–H and O–H groups in total. The summed E-state index contributed by atoms with van der Waals surface area (Å²) < 4.78 is 13.9. The van der Waals surface area contributed by atoms with Crippen molar-refractivity contribution in [1.29, 1.82) is 0 Å². The van der Waals surface area contributed by atoms with Crippen molar-refractivity contribution in [3.63, 3.8) is 0 Å². The van der Waals surface area contributed by atoms with Gasteiger partial charge in [0.25, 0.3) is 17.4 Å². The zero-order chi connectivity index (χ0) is 45.7. The summed E-state index contributed by atoms with van der Waals surface area (Å²) in [6.45, 7) is 8.23. The monoisotopic (exact) mass is 908 g/mol. The molecular weight excluding hydrogens is 856 g/mol. The number of ketones is 1. The third kappa shape index (κ3) is 8.74. The summed E-state index contributed by atoms with van der Waals surface area (Å²) in [6, 6.07) is 11.3. The summed E-state index contributed by atoms with van der Waals surface area (Å²) in [4.78, 5) is 90.8. The molecule has 18 heteroatoms. The molecular formula is C47H53ClN8O9. The number of fused-ring (bicyclic) bond motifs is 2. The van der Waals surface area contributed by atoms with Crippen LogP contribution in [0.4, 0.5) is 17.5 Å². The van der Waals surface area contributed by atoms with Crippen molar-refractivity contribution in [2.24, 2.45) is 0 Å². The first-order valence-electron chi connectivity index (χ1n) is 22.6. The van der Waals surface area contributed by atoms with Crippen LogP contribution in [-0.2, 0) is 24.7 Å². The number of benzene rings is 2. The predicted octanol–water partition coefficient (Wildman–Crippen LogP) is 5.03. The Balaban J connectivity index is 0.754. The number of anilines is 3. The number of pyridine rings is 1. The zero-order valence-electron chi connectivity index (χ0n) is 36.7. The molecule has 1 unspecified atom stereocenters. The highest BCUT2D eigenvalue weighted by Crippen LogP contribution is 2.40. The van der Waals surface area contributed by atoms with Gasteiger partial charge >= 0.3 is 0 Å². The average molecular weight is 909 g/mol. The molecule has 342 valence electrons. The Morgan fingerprint density at radius 1 is 0.954 bits per heavy atom. The maximum atomic E-state index is 13.4. The minimum atomic E-state index is -1.16. The van der Waals surface area contributed by atoms with Crippen molar-refractivity contribution >= 4 is 69.4 Å². The molecule has 0 bridgehead atoms. The van der Waals surface area contributed by atoms with Gasteiger partial charge in [-0.05, 0) is 101 Å². The summed E-state index contributed by atoms with van der Waals surface area (Å²) in [7, 11) is 0. The van der Waals surface area contributed by atoms with Gasteiger partial charge < -0.3 is 29.4 Å². The van der Waals surface area contributed by atoms with Crippen LogP contribution >= 0.6 is 11.6 Å². The van der Waals surface area contributed by atoms with Gasteiger partial charge in [-0.25, -0.2) is 4.98 Å². The lowest BCUT2D eigenvalue weighted by Gasteiger charge is -2.48. The van der Waals surface area contributed by atoms with Gasteiger partial charge in [-0.2, -0.15) is 4.98 Å². The van der Waals surface area contributed by atoms with E-state index in [9.17, 15) is 33.9 Å². The molecule has 1 aliphatic carbocycles. The highest BCUT2D eigenvalue weighted by molar-refractivity contribution is 6.33. The van der Waals surface area contributed by atoms with E-state index in [-0.39, 0.29) is 65.9 Å². The second kappa shape index (κ2) is 17.9. The van der Waals surface area contributed by atoms with Gasteiger partial charge in [-0.3, -0.25) is 43.9 Å². The topological polar surface area (TPSA) is 206 Å². The largest absolute Gasteiger partial charge is 0.480 e. The molecule has 9 rings (SSSR count). The predicted molar refractivity (Wildman–Crippen MR) is 241 cm³/mol. The first-order chi connectivity index (χ1) is 31.2. The SMILES string of the molecule is CCC(=O)COc1cc2cc(Nc3nc(N4CCC(OC5CC(N6CCC(O)(c7ccc8c(c7)C(=O)N(C7CCC(=O)NC7=O)C8=O)CC6)C5)CC4)ncc3Cl)ccc2n(C(C)C)c1=O. The maximum Gasteiger partial charge on any atom is 0.293 e. The Bertz CT molecular complexity index is 2630. The summed E-state index contributed by atoms with van der Waals surface area (Å²) in [5, 5.41) is 18.4. The molecule has 0 radical (unpaired) electrons. The number of imide groups is 2. The van der Waals surface area contributed by atoms with E-state index in [1.54, 1.807) is 42.0 Å². The second-order valence-electron chi connectivity index (χ2n) is 18.1. The molecule has 4 aromatic rings. The van der Waals surface area contributed by atoms with Gasteiger partial charge in [-0.1, -0.05) is 24.6 Å². The summed E-state index contributed by atoms with van der Waals surface area (Å²) >= 11 is 6.60. The minimum absolute atomic E-state index is 0.0489. The number of halogens is 1. The Kier molecular flexibility index (Phi) is 12.2. The molecule has 2 aromatic carbocycles. The third-order valence-electron chi connectivity index (χ3n) is 13.6. The Morgan fingerprint density at radius 2 is 1.69 bits per heavy atom. The van der Waals surface area contributed by atoms with Gasteiger partial charge in [0, 0.05) is 62.2 Å². The lowest BCUT2D eigenvalue weighted by atomic mass is 9.80. The number of ether oxygens (including phenoxy) is 2. The quantitative estimate of drug-likeness (QED) is 0.151. The normalized spacial score (nSPS) is 22.6. The fraction of sp³-hybridized carbons (Fsp3) is 0.489. The molecule has 6 heterocycles. The van der Waals surface area contributed by atoms with Crippen LogP contribution in [0.2, 0.25) is 5.02 Å². The van der Waals surface area contributed by atoms with E-state index in [2.05, 4.69) is 25.4 Å². The maximum absolute atomic E-state index is 13.4. The lowest BCUT2D eigenvalue weighted by molar-refractivity contribution is -0.136. The average Bonchev–Trinajstić information content (AvgIpc) is 3.52. The number of rotatable bonds is 13. The number of nitrogens with zero attached hydrogens (tertiary/aromatic N) is 6. The van der Waals surface area contributed by atoms with E-state index in [1.807, 2.05) is 32.0 Å². The molecule has 3 saturated heterocycles. The van der Waals surface area contributed by atoms with Crippen LogP contribution in [0.15, 0.2) is 53.5 Å². The van der Waals surface area contributed by atoms with E-state index in [0.717, 1.165) is 54.6 Å². The Morgan fingerprint density at radius 3 is 2.40 bits per heavy atom. The van der Waals surface area contributed by atoms with Gasteiger partial charge in [-0.15, -0.1) is 0 Å². The molecule has 4 aliphatic heterocycles. The summed E-state index contributed by atoms with van der Waals surface area (Å²) in [6.07, 6.45) is 6.73. The first kappa shape index (κ1) is 44.5. The van der Waals surface area contributed by atoms with Crippen molar-refractivity contribution in [1.82, 2.24) is 29.7 Å². The summed E-state index contributed by atoms with van der Waals surface area (Å²) in [5.41, 5.74) is 0.931. The second-order valence-corrected chi connectivity index (χ2v) is 18.5. The number of likely N-dealkylation sites (tertiary alicyclic amines) is 1. The van der Waals surface area contributed by atoms with E-state index in [1.165, 1.54) is 0 Å². The van der Waals surface area contributed by atoms with Crippen molar-refractivity contribution in [2.45, 2.75) is 114 Å². The van der Waals surface area contributed by atoms with Crippen molar-refractivity contribution in [3.05, 3.63) is 80.7 Å². The zero-order valence-corrected chi connectivity index (χ0v) is 37.4. The number of amides is 4. The standard InChI is InChI=1S/C47H53ClN8O9/c1-4-31(57)25-64-39-20-27-19-29(6-8-37(27)55(26(2)3)45(39)62)50-41-36(48)24-49-46(52-41)54-15-11-32(12-16-54)65-33-22-30(23-33)53-17-13-47(63,14-18-53)28-5-7-34-35(21-28)44(61)56(43(34)60)38-9-10-40(58)51-42(38)59/h5-8,19-21,24,26,30,32-33,38,63H,4,9-18,22-23,25H2,1-3H3,(H,49,50,52)(H,51,58,59). The number of nitrogens with one attached hydrogen (secondary N) is 2. The van der Waals surface area contributed by atoms with Crippen LogP contribution in [-0.4, -0.2) is 116 Å². The third-order valence-corrected chi connectivity index (χ3v) is 13.9. The van der Waals surface area contributed by atoms with Crippen LogP contribution in [0.1, 0.15) is 111 Å². The number of carbonyl (C=O) groups is 5. The fourth-order valence-electron chi connectivity index (χ4n) is 9.73. The number of carbonyl (C=O) groups excluding carboxylic acids is 5. The number of hydrogen-bond donors (Lipinski definition) is 3. The molecule has 4 fully saturated rings. The van der Waals surface area contributed by atoms with Crippen LogP contribution in [0.5, 0.6) is 5.75 Å². The van der Waals surface area contributed by atoms with Gasteiger partial charge in [0.2, 0.25) is 17.8 Å². The van der Waals surface area contributed by atoms with Crippen molar-refractivity contribution < 1.29 is 38.6 Å². The molecule has 2 aromatic heterocycles. The van der Waals surface area contributed by atoms with E-state index in [4.69, 9.17) is 26.1 Å². The number of aliphatic hydroxyl groups is 1. The molecule has 1 saturated carbocycles. The van der Waals surface area contributed by atoms with Crippen LogP contribution < -0.4 is 25.8 Å². The van der Waals surface area contributed by atoms with E-state index >= 15 is 0 Å². The number of hydrogen-bond acceptors (Lipinski definition) is 14. The van der Waals surface area contributed by atoms with Crippen LogP contribution in [0, 0.1) is 0 Å². The number of piperidine rings is 3. The minimum Gasteiger partial charge on any atom is -0.480 e. The van der Waals surface area contributed by atoms with Crippen LogP contribution in [0.25, 0.3) is 10.9 Å².